The van der Waals surface area contributed by atoms with Gasteiger partial charge in [-0.25, -0.2) is 5.43 Å². The van der Waals surface area contributed by atoms with Crippen LogP contribution >= 0.6 is 0 Å². The molecule has 13 heavy (non-hydrogen) atoms. The summed E-state index contributed by atoms with van der Waals surface area (Å²) < 4.78 is 12.9. The van der Waals surface area contributed by atoms with E-state index in [1.54, 1.807) is 7.05 Å². The minimum absolute atomic E-state index is 0.436. The fourth-order valence-corrected chi connectivity index (χ4v) is 0.877. The molecule has 70 valence electrons. The molecule has 0 bridgehead atoms. The first kappa shape index (κ1) is 9.40. The van der Waals surface area contributed by atoms with Gasteiger partial charge in [0.25, 0.3) is 0 Å². The van der Waals surface area contributed by atoms with Crippen molar-refractivity contribution in [3.05, 3.63) is 34.1 Å². The first-order valence-corrected chi connectivity index (χ1v) is 3.52. The molecule has 1 aromatic carbocycles. The maximum atomic E-state index is 12.9. The molecule has 0 amide bonds. The number of anilines is 1. The quantitative estimate of drug-likeness (QED) is 0.549. The van der Waals surface area contributed by atoms with E-state index >= 15 is 0 Å². The lowest BCUT2D eigenvalue weighted by Gasteiger charge is -2.03. The van der Waals surface area contributed by atoms with E-state index in [2.05, 4.69) is 10.9 Å². The number of nitro groups is 1. The maximum absolute atomic E-state index is 12.9. The van der Waals surface area contributed by atoms with E-state index in [9.17, 15) is 14.5 Å². The van der Waals surface area contributed by atoms with Crippen molar-refractivity contribution >= 4 is 11.4 Å². The van der Waals surface area contributed by atoms with Crippen LogP contribution in [-0.2, 0) is 0 Å². The standard InChI is InChI=1S/C7H8FN3O2/c1-9-10-5-2-3-7(11(12)13)6(8)4-5/h2-4,9-10H,1H3. The molecule has 0 aromatic heterocycles. The van der Waals surface area contributed by atoms with E-state index in [1.165, 1.54) is 6.07 Å². The van der Waals surface area contributed by atoms with Gasteiger partial charge in [0.15, 0.2) is 0 Å². The van der Waals surface area contributed by atoms with E-state index in [-0.39, 0.29) is 0 Å². The van der Waals surface area contributed by atoms with Gasteiger partial charge >= 0.3 is 5.69 Å². The summed E-state index contributed by atoms with van der Waals surface area (Å²) in [5, 5.41) is 10.2. The second kappa shape index (κ2) is 3.81. The predicted molar refractivity (Wildman–Crippen MR) is 45.7 cm³/mol. The third-order valence-electron chi connectivity index (χ3n) is 1.41. The lowest BCUT2D eigenvalue weighted by Crippen LogP contribution is -2.14. The summed E-state index contributed by atoms with van der Waals surface area (Å²) >= 11 is 0. The van der Waals surface area contributed by atoms with Crippen LogP contribution < -0.4 is 10.9 Å². The maximum Gasteiger partial charge on any atom is 0.304 e. The van der Waals surface area contributed by atoms with E-state index in [4.69, 9.17) is 0 Å². The molecular weight excluding hydrogens is 177 g/mol. The first-order chi connectivity index (χ1) is 6.15. The zero-order valence-corrected chi connectivity index (χ0v) is 6.87. The van der Waals surface area contributed by atoms with Crippen LogP contribution in [0.25, 0.3) is 0 Å². The Labute approximate surface area is 73.7 Å². The number of hydrogen-bond donors (Lipinski definition) is 2. The van der Waals surface area contributed by atoms with Gasteiger partial charge in [-0.3, -0.25) is 10.1 Å². The van der Waals surface area contributed by atoms with Gasteiger partial charge in [-0.05, 0) is 6.07 Å². The van der Waals surface area contributed by atoms with Gasteiger partial charge in [0.1, 0.15) is 0 Å². The fraction of sp³-hybridized carbons (Fsp3) is 0.143. The number of nitro benzene ring substituents is 1. The van der Waals surface area contributed by atoms with Crippen LogP contribution in [0.15, 0.2) is 18.2 Å². The number of hydrogen-bond acceptors (Lipinski definition) is 4. The summed E-state index contributed by atoms with van der Waals surface area (Å²) in [7, 11) is 1.61. The molecule has 6 heteroatoms. The van der Waals surface area contributed by atoms with Crippen LogP contribution in [0.3, 0.4) is 0 Å². The molecule has 0 heterocycles. The Bertz CT molecular complexity index is 330. The molecule has 0 fully saturated rings. The molecule has 1 aromatic rings. The Balaban J connectivity index is 2.98. The Morgan fingerprint density at radius 2 is 2.23 bits per heavy atom. The highest BCUT2D eigenvalue weighted by Crippen LogP contribution is 2.19. The number of benzene rings is 1. The third kappa shape index (κ3) is 2.12. The molecule has 1 rings (SSSR count). The van der Waals surface area contributed by atoms with Gasteiger partial charge in [-0.2, -0.15) is 4.39 Å². The van der Waals surface area contributed by atoms with E-state index in [1.807, 2.05) is 0 Å². The van der Waals surface area contributed by atoms with E-state index < -0.39 is 16.4 Å². The fourth-order valence-electron chi connectivity index (χ4n) is 0.877. The number of nitrogens with zero attached hydrogens (tertiary/aromatic N) is 1. The Kier molecular flexibility index (Phi) is 2.76. The summed E-state index contributed by atoms with van der Waals surface area (Å²) in [6.45, 7) is 0. The summed E-state index contributed by atoms with van der Waals surface area (Å²) in [5.41, 5.74) is 5.08. The second-order valence-electron chi connectivity index (χ2n) is 2.30. The minimum Gasteiger partial charge on any atom is -0.322 e. The van der Waals surface area contributed by atoms with E-state index in [0.717, 1.165) is 12.1 Å². The van der Waals surface area contributed by atoms with E-state index in [0.29, 0.717) is 5.69 Å². The largest absolute Gasteiger partial charge is 0.322 e. The van der Waals surface area contributed by atoms with Crippen molar-refractivity contribution in [1.82, 2.24) is 5.43 Å². The summed E-state index contributed by atoms with van der Waals surface area (Å²) in [4.78, 5) is 9.46. The van der Waals surface area contributed by atoms with Crippen LogP contribution in [0, 0.1) is 15.9 Å². The van der Waals surface area contributed by atoms with Crippen molar-refractivity contribution < 1.29 is 9.31 Å². The molecule has 0 saturated heterocycles. The van der Waals surface area contributed by atoms with Gasteiger partial charge in [0.05, 0.1) is 10.6 Å². The van der Waals surface area contributed by atoms with Crippen molar-refractivity contribution in [2.24, 2.45) is 0 Å². The highest BCUT2D eigenvalue weighted by molar-refractivity contribution is 5.48. The number of halogens is 1. The zero-order valence-electron chi connectivity index (χ0n) is 6.87. The van der Waals surface area contributed by atoms with Crippen molar-refractivity contribution in [3.8, 4) is 0 Å². The molecule has 0 spiro atoms. The smallest absolute Gasteiger partial charge is 0.304 e. The molecule has 0 radical (unpaired) electrons. The average molecular weight is 185 g/mol. The number of nitrogens with one attached hydrogen (secondary N) is 2. The highest BCUT2D eigenvalue weighted by atomic mass is 19.1. The number of rotatable bonds is 3. The van der Waals surface area contributed by atoms with Gasteiger partial charge in [-0.15, -0.1) is 0 Å². The van der Waals surface area contributed by atoms with Crippen molar-refractivity contribution in [2.45, 2.75) is 0 Å². The van der Waals surface area contributed by atoms with Gasteiger partial charge < -0.3 is 5.43 Å². The normalized spacial score (nSPS) is 9.69. The highest BCUT2D eigenvalue weighted by Gasteiger charge is 2.13. The second-order valence-corrected chi connectivity index (χ2v) is 2.30. The Morgan fingerprint density at radius 1 is 1.54 bits per heavy atom. The molecule has 0 aliphatic heterocycles. The van der Waals surface area contributed by atoms with Gasteiger partial charge in [0.2, 0.25) is 5.82 Å². The minimum atomic E-state index is -0.856. The van der Waals surface area contributed by atoms with Crippen molar-refractivity contribution in [1.29, 1.82) is 0 Å². The monoisotopic (exact) mass is 185 g/mol. The summed E-state index contributed by atoms with van der Waals surface area (Å²) in [5.74, 6) is -0.856. The molecular formula is C7H8FN3O2. The number of hydrazine groups is 1. The molecule has 0 aliphatic rings. The lowest BCUT2D eigenvalue weighted by molar-refractivity contribution is -0.387. The third-order valence-corrected chi connectivity index (χ3v) is 1.41. The van der Waals surface area contributed by atoms with Gasteiger partial charge in [-0.1, -0.05) is 0 Å². The van der Waals surface area contributed by atoms with Crippen LogP contribution in [-0.4, -0.2) is 12.0 Å². The Morgan fingerprint density at radius 3 is 2.69 bits per heavy atom. The zero-order chi connectivity index (χ0) is 9.84. The van der Waals surface area contributed by atoms with Crippen molar-refractivity contribution in [2.75, 3.05) is 12.5 Å². The molecule has 0 atom stereocenters. The molecule has 0 aliphatic carbocycles. The molecule has 0 saturated carbocycles. The summed E-state index contributed by atoms with van der Waals surface area (Å²) in [6, 6.07) is 3.57. The lowest BCUT2D eigenvalue weighted by atomic mass is 10.3. The summed E-state index contributed by atoms with van der Waals surface area (Å²) in [6.07, 6.45) is 0. The van der Waals surface area contributed by atoms with Crippen molar-refractivity contribution in [3.63, 3.8) is 0 Å². The van der Waals surface area contributed by atoms with Gasteiger partial charge in [0, 0.05) is 19.2 Å². The predicted octanol–water partition coefficient (Wildman–Crippen LogP) is 1.28. The van der Waals surface area contributed by atoms with Crippen LogP contribution in [0.2, 0.25) is 0 Å². The van der Waals surface area contributed by atoms with Crippen LogP contribution in [0.1, 0.15) is 0 Å². The van der Waals surface area contributed by atoms with Crippen LogP contribution in [0.5, 0.6) is 0 Å². The average Bonchev–Trinajstić information content (AvgIpc) is 2.04. The molecule has 5 nitrogen and oxygen atoms in total. The topological polar surface area (TPSA) is 67.2 Å². The molecule has 0 unspecified atom stereocenters. The van der Waals surface area contributed by atoms with Crippen LogP contribution in [0.4, 0.5) is 15.8 Å². The first-order valence-electron chi connectivity index (χ1n) is 3.52. The Hall–Kier alpha value is -1.69. The SMILES string of the molecule is CNNc1ccc([N+](=O)[O-])c(F)c1. The molecule has 2 N–H and O–H groups in total.